The average Bonchev–Trinajstić information content (AvgIpc) is 2.51. The van der Waals surface area contributed by atoms with Crippen LogP contribution in [0.4, 0.5) is 0 Å². The molecule has 21 heavy (non-hydrogen) atoms. The third kappa shape index (κ3) is 6.03. The molecule has 0 amide bonds. The summed E-state index contributed by atoms with van der Waals surface area (Å²) < 4.78 is 5.76. The zero-order valence-electron chi connectivity index (χ0n) is 12.7. The highest BCUT2D eigenvalue weighted by atomic mass is 32.2. The van der Waals surface area contributed by atoms with Crippen LogP contribution in [0.5, 0.6) is 5.75 Å². The molecule has 0 spiro atoms. The van der Waals surface area contributed by atoms with Crippen LogP contribution in [-0.2, 0) is 0 Å². The van der Waals surface area contributed by atoms with Crippen molar-refractivity contribution >= 4 is 11.8 Å². The van der Waals surface area contributed by atoms with Crippen LogP contribution in [0, 0.1) is 17.8 Å². The van der Waals surface area contributed by atoms with Gasteiger partial charge in [-0.3, -0.25) is 0 Å². The van der Waals surface area contributed by atoms with Gasteiger partial charge < -0.3 is 9.84 Å². The van der Waals surface area contributed by atoms with Crippen molar-refractivity contribution in [3.63, 3.8) is 0 Å². The highest BCUT2D eigenvalue weighted by Gasteiger charge is 2.18. The van der Waals surface area contributed by atoms with Gasteiger partial charge in [0.1, 0.15) is 12.4 Å². The maximum absolute atomic E-state index is 8.65. The predicted molar refractivity (Wildman–Crippen MR) is 89.8 cm³/mol. The maximum Gasteiger partial charge on any atom is 0.119 e. The van der Waals surface area contributed by atoms with Crippen molar-refractivity contribution in [2.24, 2.45) is 5.92 Å². The van der Waals surface area contributed by atoms with Gasteiger partial charge in [0.2, 0.25) is 0 Å². The molecule has 1 aliphatic carbocycles. The summed E-state index contributed by atoms with van der Waals surface area (Å²) in [4.78, 5) is 0. The van der Waals surface area contributed by atoms with Crippen LogP contribution in [0.2, 0.25) is 0 Å². The maximum atomic E-state index is 8.65. The Morgan fingerprint density at radius 1 is 1.29 bits per heavy atom. The van der Waals surface area contributed by atoms with Crippen LogP contribution in [0.1, 0.15) is 38.2 Å². The van der Waals surface area contributed by atoms with Crippen LogP contribution in [0.3, 0.4) is 0 Å². The molecule has 0 aliphatic heterocycles. The van der Waals surface area contributed by atoms with Crippen molar-refractivity contribution in [3.05, 3.63) is 29.8 Å². The molecule has 1 saturated carbocycles. The van der Waals surface area contributed by atoms with E-state index in [1.165, 1.54) is 25.7 Å². The highest BCUT2D eigenvalue weighted by molar-refractivity contribution is 7.99. The third-order valence-electron chi connectivity index (χ3n) is 3.76. The van der Waals surface area contributed by atoms with Crippen LogP contribution in [-0.4, -0.2) is 29.3 Å². The summed E-state index contributed by atoms with van der Waals surface area (Å²) in [5.74, 6) is 8.36. The van der Waals surface area contributed by atoms with Crippen molar-refractivity contribution in [1.29, 1.82) is 0 Å². The number of rotatable bonds is 5. The van der Waals surface area contributed by atoms with E-state index >= 15 is 0 Å². The van der Waals surface area contributed by atoms with E-state index in [4.69, 9.17) is 9.84 Å². The molecule has 2 unspecified atom stereocenters. The standard InChI is InChI=1S/C18H24O2S/c1-15-4-2-6-18(14-15)21-13-12-20-17-9-7-16(8-10-17)5-3-11-19/h7-10,15,18-19H,2,4,6,11-14H2,1H3. The topological polar surface area (TPSA) is 29.5 Å². The fraction of sp³-hybridized carbons (Fsp3) is 0.556. The van der Waals surface area contributed by atoms with Gasteiger partial charge in [0.15, 0.2) is 0 Å². The second-order valence-electron chi connectivity index (χ2n) is 5.60. The first-order valence-electron chi connectivity index (χ1n) is 7.72. The number of aliphatic hydroxyl groups is 1. The van der Waals surface area contributed by atoms with Crippen molar-refractivity contribution in [3.8, 4) is 17.6 Å². The van der Waals surface area contributed by atoms with Gasteiger partial charge in [-0.25, -0.2) is 0 Å². The Morgan fingerprint density at radius 3 is 2.81 bits per heavy atom. The molecule has 0 bridgehead atoms. The van der Waals surface area contributed by atoms with Gasteiger partial charge in [0.05, 0.1) is 6.61 Å². The molecular formula is C18H24O2S. The van der Waals surface area contributed by atoms with Crippen molar-refractivity contribution in [1.82, 2.24) is 0 Å². The molecule has 3 heteroatoms. The molecule has 0 aromatic heterocycles. The fourth-order valence-electron chi connectivity index (χ4n) is 2.68. The van der Waals surface area contributed by atoms with E-state index in [0.717, 1.165) is 34.8 Å². The number of benzene rings is 1. The number of ether oxygens (including phenoxy) is 1. The molecule has 1 aliphatic rings. The van der Waals surface area contributed by atoms with Crippen molar-refractivity contribution in [2.75, 3.05) is 19.0 Å². The van der Waals surface area contributed by atoms with E-state index in [1.807, 2.05) is 24.3 Å². The normalized spacial score (nSPS) is 21.4. The third-order valence-corrected chi connectivity index (χ3v) is 5.06. The second-order valence-corrected chi connectivity index (χ2v) is 7.01. The Bertz CT molecular complexity index is 472. The van der Waals surface area contributed by atoms with E-state index in [-0.39, 0.29) is 6.61 Å². The zero-order valence-corrected chi connectivity index (χ0v) is 13.5. The first kappa shape index (κ1) is 16.3. The Morgan fingerprint density at radius 2 is 2.10 bits per heavy atom. The van der Waals surface area contributed by atoms with Gasteiger partial charge in [-0.15, -0.1) is 0 Å². The Balaban J connectivity index is 1.66. The smallest absolute Gasteiger partial charge is 0.119 e. The van der Waals surface area contributed by atoms with Crippen molar-refractivity contribution < 1.29 is 9.84 Å². The lowest BCUT2D eigenvalue weighted by Gasteiger charge is -2.26. The van der Waals surface area contributed by atoms with Gasteiger partial charge in [-0.05, 0) is 43.0 Å². The molecule has 114 valence electrons. The SMILES string of the molecule is CC1CCCC(SCCOc2ccc(C#CCO)cc2)C1. The molecule has 1 aromatic carbocycles. The largest absolute Gasteiger partial charge is 0.493 e. The first-order valence-corrected chi connectivity index (χ1v) is 8.77. The molecule has 1 aromatic rings. The summed E-state index contributed by atoms with van der Waals surface area (Å²) in [6, 6.07) is 7.73. The minimum atomic E-state index is -0.102. The van der Waals surface area contributed by atoms with Gasteiger partial charge >= 0.3 is 0 Å². The molecule has 2 nitrogen and oxygen atoms in total. The van der Waals surface area contributed by atoms with Crippen LogP contribution in [0.15, 0.2) is 24.3 Å². The Kier molecular flexibility index (Phi) is 6.99. The predicted octanol–water partition coefficient (Wildman–Crippen LogP) is 3.72. The summed E-state index contributed by atoms with van der Waals surface area (Å²) >= 11 is 2.06. The summed E-state index contributed by atoms with van der Waals surface area (Å²) in [7, 11) is 0. The van der Waals surface area contributed by atoms with Gasteiger partial charge in [0.25, 0.3) is 0 Å². The second kappa shape index (κ2) is 9.02. The van der Waals surface area contributed by atoms with E-state index < -0.39 is 0 Å². The average molecular weight is 304 g/mol. The van der Waals surface area contributed by atoms with Crippen LogP contribution < -0.4 is 4.74 Å². The van der Waals surface area contributed by atoms with Gasteiger partial charge in [0, 0.05) is 16.6 Å². The lowest BCUT2D eigenvalue weighted by molar-refractivity contribution is 0.342. The molecule has 2 atom stereocenters. The number of aliphatic hydroxyl groups excluding tert-OH is 1. The van der Waals surface area contributed by atoms with Crippen LogP contribution >= 0.6 is 11.8 Å². The Labute approximate surface area is 132 Å². The molecule has 1 N–H and O–H groups in total. The molecule has 0 heterocycles. The fourth-order valence-corrected chi connectivity index (χ4v) is 3.99. The van der Waals surface area contributed by atoms with Crippen LogP contribution in [0.25, 0.3) is 0 Å². The van der Waals surface area contributed by atoms with Gasteiger partial charge in [-0.2, -0.15) is 11.8 Å². The van der Waals surface area contributed by atoms with E-state index in [1.54, 1.807) is 0 Å². The van der Waals surface area contributed by atoms with E-state index in [2.05, 4.69) is 30.5 Å². The summed E-state index contributed by atoms with van der Waals surface area (Å²) in [5, 5.41) is 9.48. The summed E-state index contributed by atoms with van der Waals surface area (Å²) in [5.41, 5.74) is 0.905. The molecular weight excluding hydrogens is 280 g/mol. The Hall–Kier alpha value is -1.11. The lowest BCUT2D eigenvalue weighted by atomic mass is 9.91. The highest BCUT2D eigenvalue weighted by Crippen LogP contribution is 2.31. The quantitative estimate of drug-likeness (QED) is 0.664. The molecule has 1 fully saturated rings. The number of thioether (sulfide) groups is 1. The molecule has 2 rings (SSSR count). The minimum Gasteiger partial charge on any atom is -0.493 e. The van der Waals surface area contributed by atoms with Gasteiger partial charge in [-0.1, -0.05) is 31.6 Å². The summed E-state index contributed by atoms with van der Waals surface area (Å²) in [6.07, 6.45) is 5.52. The zero-order chi connectivity index (χ0) is 14.9. The van der Waals surface area contributed by atoms with E-state index in [9.17, 15) is 0 Å². The lowest BCUT2D eigenvalue weighted by Crippen LogP contribution is -2.16. The molecule has 0 saturated heterocycles. The van der Waals surface area contributed by atoms with E-state index in [0.29, 0.717) is 0 Å². The number of hydrogen-bond donors (Lipinski definition) is 1. The number of hydrogen-bond acceptors (Lipinski definition) is 3. The molecule has 0 radical (unpaired) electrons. The minimum absolute atomic E-state index is 0.102. The summed E-state index contributed by atoms with van der Waals surface area (Å²) in [6.45, 7) is 3.02. The van der Waals surface area contributed by atoms with Crippen molar-refractivity contribution in [2.45, 2.75) is 37.9 Å². The monoisotopic (exact) mass is 304 g/mol. The first-order chi connectivity index (χ1) is 10.3.